The van der Waals surface area contributed by atoms with E-state index in [1.165, 1.54) is 0 Å². The lowest BCUT2D eigenvalue weighted by molar-refractivity contribution is -0.119. The number of hydrogen-bond donors (Lipinski definition) is 0. The van der Waals surface area contributed by atoms with Gasteiger partial charge in [-0.05, 0) is 12.0 Å². The molecular formula is C14H18N2O. The highest BCUT2D eigenvalue weighted by Crippen LogP contribution is 2.18. The van der Waals surface area contributed by atoms with Crippen LogP contribution in [0.25, 0.3) is 10.9 Å². The van der Waals surface area contributed by atoms with Crippen molar-refractivity contribution >= 4 is 16.7 Å². The Bertz CT molecular complexity index is 540. The van der Waals surface area contributed by atoms with E-state index < -0.39 is 0 Å². The first kappa shape index (κ1) is 11.8. The van der Waals surface area contributed by atoms with E-state index in [9.17, 15) is 4.79 Å². The summed E-state index contributed by atoms with van der Waals surface area (Å²) in [4.78, 5) is 11.8. The maximum absolute atomic E-state index is 11.8. The number of aryl methyl sites for hydroxylation is 1. The molecule has 1 aromatic heterocycles. The lowest BCUT2D eigenvalue weighted by Gasteiger charge is -2.02. The van der Waals surface area contributed by atoms with Crippen molar-refractivity contribution in [3.8, 4) is 0 Å². The fourth-order valence-corrected chi connectivity index (χ4v) is 2.13. The summed E-state index contributed by atoms with van der Waals surface area (Å²) in [6.45, 7) is 4.13. The molecule has 0 fully saturated rings. The molecule has 1 aromatic carbocycles. The largest absolute Gasteiger partial charge is 0.299 e. The number of ketones is 1. The van der Waals surface area contributed by atoms with Crippen LogP contribution in [-0.2, 0) is 18.3 Å². The standard InChI is InChI=1S/C14H18N2O/c1-10(2)8-11(17)9-13-12-6-4-5-7-14(12)16(3)15-13/h4-7,10H,8-9H2,1-3H3. The van der Waals surface area contributed by atoms with E-state index in [4.69, 9.17) is 0 Å². The zero-order valence-corrected chi connectivity index (χ0v) is 10.6. The fraction of sp³-hybridized carbons (Fsp3) is 0.429. The Morgan fingerprint density at radius 3 is 2.76 bits per heavy atom. The van der Waals surface area contributed by atoms with Crippen LogP contribution >= 0.6 is 0 Å². The lowest BCUT2D eigenvalue weighted by atomic mass is 10.0. The van der Waals surface area contributed by atoms with E-state index in [1.807, 2.05) is 36.0 Å². The van der Waals surface area contributed by atoms with Crippen LogP contribution < -0.4 is 0 Å². The van der Waals surface area contributed by atoms with Gasteiger partial charge in [0, 0.05) is 18.9 Å². The average Bonchev–Trinajstić information content (AvgIpc) is 2.55. The number of hydrogen-bond acceptors (Lipinski definition) is 2. The van der Waals surface area contributed by atoms with Crippen molar-refractivity contribution in [2.45, 2.75) is 26.7 Å². The number of para-hydroxylation sites is 1. The Kier molecular flexibility index (Phi) is 3.27. The maximum Gasteiger partial charge on any atom is 0.139 e. The summed E-state index contributed by atoms with van der Waals surface area (Å²) in [7, 11) is 1.92. The molecule has 0 radical (unpaired) electrons. The van der Waals surface area contributed by atoms with Gasteiger partial charge >= 0.3 is 0 Å². The quantitative estimate of drug-likeness (QED) is 0.809. The molecule has 0 aliphatic carbocycles. The number of carbonyl (C=O) groups is 1. The van der Waals surface area contributed by atoms with Gasteiger partial charge in [-0.25, -0.2) is 0 Å². The monoisotopic (exact) mass is 230 g/mol. The van der Waals surface area contributed by atoms with Crippen LogP contribution in [0.4, 0.5) is 0 Å². The number of aromatic nitrogens is 2. The van der Waals surface area contributed by atoms with Gasteiger partial charge in [0.05, 0.1) is 17.6 Å². The van der Waals surface area contributed by atoms with E-state index in [-0.39, 0.29) is 5.78 Å². The maximum atomic E-state index is 11.8. The van der Waals surface area contributed by atoms with E-state index in [2.05, 4.69) is 18.9 Å². The van der Waals surface area contributed by atoms with Gasteiger partial charge in [-0.3, -0.25) is 9.48 Å². The minimum absolute atomic E-state index is 0.267. The Balaban J connectivity index is 2.27. The van der Waals surface area contributed by atoms with E-state index in [0.29, 0.717) is 18.8 Å². The van der Waals surface area contributed by atoms with Gasteiger partial charge < -0.3 is 0 Å². The molecule has 0 amide bonds. The predicted molar refractivity (Wildman–Crippen MR) is 68.9 cm³/mol. The molecule has 0 aliphatic heterocycles. The van der Waals surface area contributed by atoms with E-state index in [0.717, 1.165) is 16.6 Å². The second-order valence-electron chi connectivity index (χ2n) is 4.90. The molecule has 0 saturated carbocycles. The first-order chi connectivity index (χ1) is 8.08. The highest BCUT2D eigenvalue weighted by molar-refractivity contribution is 5.88. The Labute approximate surface area is 101 Å². The zero-order chi connectivity index (χ0) is 12.4. The molecule has 2 rings (SSSR count). The predicted octanol–water partition coefficient (Wildman–Crippen LogP) is 2.73. The molecule has 2 aromatic rings. The van der Waals surface area contributed by atoms with Crippen molar-refractivity contribution in [2.24, 2.45) is 13.0 Å². The molecule has 0 N–H and O–H groups in total. The summed E-state index contributed by atoms with van der Waals surface area (Å²) in [5, 5.41) is 5.52. The highest BCUT2D eigenvalue weighted by atomic mass is 16.1. The second-order valence-corrected chi connectivity index (χ2v) is 4.90. The molecule has 3 heteroatoms. The van der Waals surface area contributed by atoms with Crippen LogP contribution in [0.1, 0.15) is 26.0 Å². The van der Waals surface area contributed by atoms with Crippen molar-refractivity contribution in [1.82, 2.24) is 9.78 Å². The molecule has 0 atom stereocenters. The third-order valence-electron chi connectivity index (χ3n) is 2.83. The van der Waals surface area contributed by atoms with Crippen LogP contribution in [0.5, 0.6) is 0 Å². The summed E-state index contributed by atoms with van der Waals surface area (Å²) in [5.74, 6) is 0.682. The average molecular weight is 230 g/mol. The number of fused-ring (bicyclic) bond motifs is 1. The molecule has 90 valence electrons. The van der Waals surface area contributed by atoms with Crippen molar-refractivity contribution in [3.05, 3.63) is 30.0 Å². The number of Topliss-reactive ketones (excluding diaryl/α,β-unsaturated/α-hetero) is 1. The minimum Gasteiger partial charge on any atom is -0.299 e. The molecule has 0 bridgehead atoms. The van der Waals surface area contributed by atoms with Gasteiger partial charge in [0.1, 0.15) is 5.78 Å². The van der Waals surface area contributed by atoms with Gasteiger partial charge in [0.25, 0.3) is 0 Å². The number of carbonyl (C=O) groups excluding carboxylic acids is 1. The molecule has 0 saturated heterocycles. The van der Waals surface area contributed by atoms with Crippen molar-refractivity contribution in [1.29, 1.82) is 0 Å². The first-order valence-corrected chi connectivity index (χ1v) is 6.00. The molecule has 3 nitrogen and oxygen atoms in total. The molecular weight excluding hydrogens is 212 g/mol. The van der Waals surface area contributed by atoms with Crippen LogP contribution in [0.15, 0.2) is 24.3 Å². The number of nitrogens with zero attached hydrogens (tertiary/aromatic N) is 2. The van der Waals surface area contributed by atoms with E-state index >= 15 is 0 Å². The Morgan fingerprint density at radius 1 is 1.35 bits per heavy atom. The highest BCUT2D eigenvalue weighted by Gasteiger charge is 2.12. The van der Waals surface area contributed by atoms with Crippen molar-refractivity contribution in [2.75, 3.05) is 0 Å². The first-order valence-electron chi connectivity index (χ1n) is 6.00. The number of benzene rings is 1. The smallest absolute Gasteiger partial charge is 0.139 e. The van der Waals surface area contributed by atoms with Gasteiger partial charge in [0.15, 0.2) is 0 Å². The second kappa shape index (κ2) is 4.70. The summed E-state index contributed by atoms with van der Waals surface area (Å²) in [5.41, 5.74) is 1.98. The van der Waals surface area contributed by atoms with Crippen molar-refractivity contribution < 1.29 is 4.79 Å². The Morgan fingerprint density at radius 2 is 2.06 bits per heavy atom. The fourth-order valence-electron chi connectivity index (χ4n) is 2.13. The van der Waals surface area contributed by atoms with Crippen molar-refractivity contribution in [3.63, 3.8) is 0 Å². The summed E-state index contributed by atoms with van der Waals surface area (Å²) in [6.07, 6.45) is 1.07. The van der Waals surface area contributed by atoms with Gasteiger partial charge in [0.2, 0.25) is 0 Å². The topological polar surface area (TPSA) is 34.9 Å². The zero-order valence-electron chi connectivity index (χ0n) is 10.6. The molecule has 0 aliphatic rings. The van der Waals surface area contributed by atoms with Crippen LogP contribution in [-0.4, -0.2) is 15.6 Å². The number of rotatable bonds is 4. The van der Waals surface area contributed by atoms with Crippen LogP contribution in [0.3, 0.4) is 0 Å². The summed E-state index contributed by atoms with van der Waals surface area (Å²) < 4.78 is 1.84. The van der Waals surface area contributed by atoms with Gasteiger partial charge in [-0.1, -0.05) is 32.0 Å². The Hall–Kier alpha value is -1.64. The molecule has 0 unspecified atom stereocenters. The van der Waals surface area contributed by atoms with E-state index in [1.54, 1.807) is 0 Å². The minimum atomic E-state index is 0.267. The van der Waals surface area contributed by atoms with Gasteiger partial charge in [-0.15, -0.1) is 0 Å². The summed E-state index contributed by atoms with van der Waals surface area (Å²) >= 11 is 0. The van der Waals surface area contributed by atoms with Crippen LogP contribution in [0, 0.1) is 5.92 Å². The summed E-state index contributed by atoms with van der Waals surface area (Å²) in [6, 6.07) is 8.03. The third kappa shape index (κ3) is 2.54. The molecule has 17 heavy (non-hydrogen) atoms. The molecule has 1 heterocycles. The van der Waals surface area contributed by atoms with Gasteiger partial charge in [-0.2, -0.15) is 5.10 Å². The molecule has 0 spiro atoms. The SMILES string of the molecule is CC(C)CC(=O)Cc1nn(C)c2ccccc12. The third-order valence-corrected chi connectivity index (χ3v) is 2.83. The lowest BCUT2D eigenvalue weighted by Crippen LogP contribution is -2.07. The van der Waals surface area contributed by atoms with Crippen LogP contribution in [0.2, 0.25) is 0 Å². The normalized spacial score (nSPS) is 11.3.